The highest BCUT2D eigenvalue weighted by Gasteiger charge is 2.17. The molecule has 0 aromatic heterocycles. The predicted molar refractivity (Wildman–Crippen MR) is 77.7 cm³/mol. The Labute approximate surface area is 118 Å². The first-order chi connectivity index (χ1) is 9.32. The minimum atomic E-state index is -0.484. The second kappa shape index (κ2) is 7.00. The average molecular weight is 279 g/mol. The van der Waals surface area contributed by atoms with Gasteiger partial charge >= 0.3 is 0 Å². The Morgan fingerprint density at radius 1 is 1.30 bits per heavy atom. The lowest BCUT2D eigenvalue weighted by atomic mass is 10.0. The van der Waals surface area contributed by atoms with Crippen LogP contribution >= 0.6 is 0 Å². The molecule has 0 bridgehead atoms. The zero-order valence-electron chi connectivity index (χ0n) is 12.3. The molecule has 1 rings (SSSR count). The Morgan fingerprint density at radius 2 is 1.85 bits per heavy atom. The fraction of sp³-hybridized carbons (Fsp3) is 0.500. The first kappa shape index (κ1) is 16.1. The van der Waals surface area contributed by atoms with Gasteiger partial charge in [-0.2, -0.15) is 0 Å². The Morgan fingerprint density at radius 3 is 2.25 bits per heavy atom. The monoisotopic (exact) mass is 279 g/mol. The van der Waals surface area contributed by atoms with Crippen LogP contribution in [0, 0.1) is 16.0 Å². The van der Waals surface area contributed by atoms with Crippen molar-refractivity contribution in [2.45, 2.75) is 19.9 Å². The average Bonchev–Trinajstić information content (AvgIpc) is 2.38. The fourth-order valence-electron chi connectivity index (χ4n) is 2.05. The lowest BCUT2D eigenvalue weighted by molar-refractivity contribution is -0.384. The third kappa shape index (κ3) is 4.31. The first-order valence-electron chi connectivity index (χ1n) is 6.52. The van der Waals surface area contributed by atoms with Crippen LogP contribution in [-0.2, 0) is 0 Å². The van der Waals surface area contributed by atoms with E-state index in [4.69, 9.17) is 0 Å². The number of nitro benzene ring substituents is 1. The molecular formula is C14H21N3O3. The van der Waals surface area contributed by atoms with E-state index in [1.54, 1.807) is 0 Å². The number of likely N-dealkylation sites (N-methyl/N-ethyl adjacent to an activating group) is 1. The van der Waals surface area contributed by atoms with Gasteiger partial charge in [-0.25, -0.2) is 0 Å². The molecule has 0 fully saturated rings. The molecule has 110 valence electrons. The van der Waals surface area contributed by atoms with E-state index in [-0.39, 0.29) is 17.6 Å². The Hall–Kier alpha value is -1.95. The molecule has 1 unspecified atom stereocenters. The fourth-order valence-corrected chi connectivity index (χ4v) is 2.05. The zero-order chi connectivity index (χ0) is 15.3. The maximum Gasteiger partial charge on any atom is 0.269 e. The van der Waals surface area contributed by atoms with Crippen LogP contribution in [-0.4, -0.2) is 42.4 Å². The molecule has 0 aliphatic rings. The highest BCUT2D eigenvalue weighted by Crippen LogP contribution is 2.12. The Bertz CT molecular complexity index is 461. The van der Waals surface area contributed by atoms with E-state index in [1.807, 2.05) is 14.1 Å². The number of hydrogen-bond donors (Lipinski definition) is 1. The molecule has 1 amide bonds. The molecule has 0 saturated heterocycles. The van der Waals surface area contributed by atoms with Crippen LogP contribution in [0.25, 0.3) is 0 Å². The molecule has 1 atom stereocenters. The molecule has 0 heterocycles. The number of nitrogens with zero attached hydrogens (tertiary/aromatic N) is 2. The van der Waals surface area contributed by atoms with Crippen molar-refractivity contribution in [1.82, 2.24) is 10.2 Å². The number of benzene rings is 1. The van der Waals surface area contributed by atoms with Crippen LogP contribution in [0.2, 0.25) is 0 Å². The number of carbonyl (C=O) groups excluding carboxylic acids is 1. The predicted octanol–water partition coefficient (Wildman–Crippen LogP) is 1.91. The normalized spacial score (nSPS) is 12.5. The number of hydrogen-bond acceptors (Lipinski definition) is 4. The van der Waals surface area contributed by atoms with Crippen molar-refractivity contribution >= 4 is 11.6 Å². The van der Waals surface area contributed by atoms with Crippen LogP contribution in [0.5, 0.6) is 0 Å². The second-order valence-electron chi connectivity index (χ2n) is 5.29. The molecule has 0 radical (unpaired) electrons. The maximum atomic E-state index is 12.0. The van der Waals surface area contributed by atoms with Crippen molar-refractivity contribution < 1.29 is 9.72 Å². The van der Waals surface area contributed by atoms with Gasteiger partial charge in [0.05, 0.1) is 4.92 Å². The number of carbonyl (C=O) groups is 1. The topological polar surface area (TPSA) is 75.5 Å². The highest BCUT2D eigenvalue weighted by atomic mass is 16.6. The number of non-ortho nitro benzene ring substituents is 1. The molecule has 20 heavy (non-hydrogen) atoms. The lowest BCUT2D eigenvalue weighted by Gasteiger charge is -2.28. The Balaban J connectivity index is 2.64. The number of rotatable bonds is 6. The van der Waals surface area contributed by atoms with Gasteiger partial charge in [0.15, 0.2) is 0 Å². The summed E-state index contributed by atoms with van der Waals surface area (Å²) in [6.07, 6.45) is 0. The third-order valence-corrected chi connectivity index (χ3v) is 3.24. The van der Waals surface area contributed by atoms with Crippen LogP contribution < -0.4 is 5.32 Å². The standard InChI is InChI=1S/C14H21N3O3/c1-10(2)13(16(3)4)9-15-14(18)11-5-7-12(8-6-11)17(19)20/h5-8,10,13H,9H2,1-4H3,(H,15,18). The quantitative estimate of drug-likeness (QED) is 0.637. The summed E-state index contributed by atoms with van der Waals surface area (Å²) < 4.78 is 0. The molecule has 0 spiro atoms. The summed E-state index contributed by atoms with van der Waals surface area (Å²) in [6, 6.07) is 5.85. The van der Waals surface area contributed by atoms with E-state index in [2.05, 4.69) is 24.1 Å². The van der Waals surface area contributed by atoms with E-state index in [1.165, 1.54) is 24.3 Å². The first-order valence-corrected chi connectivity index (χ1v) is 6.52. The molecule has 0 saturated carbocycles. The van der Waals surface area contributed by atoms with Crippen molar-refractivity contribution in [3.8, 4) is 0 Å². The van der Waals surface area contributed by atoms with Gasteiger partial charge in [0.2, 0.25) is 0 Å². The van der Waals surface area contributed by atoms with Crippen LogP contribution in [0.1, 0.15) is 24.2 Å². The van der Waals surface area contributed by atoms with Crippen molar-refractivity contribution in [1.29, 1.82) is 0 Å². The summed E-state index contributed by atoms with van der Waals surface area (Å²) in [7, 11) is 3.95. The highest BCUT2D eigenvalue weighted by molar-refractivity contribution is 5.94. The second-order valence-corrected chi connectivity index (χ2v) is 5.29. The minimum absolute atomic E-state index is 0.0186. The van der Waals surface area contributed by atoms with Crippen molar-refractivity contribution in [3.63, 3.8) is 0 Å². The van der Waals surface area contributed by atoms with Gasteiger partial charge in [-0.3, -0.25) is 14.9 Å². The van der Waals surface area contributed by atoms with Crippen molar-refractivity contribution in [2.75, 3.05) is 20.6 Å². The smallest absolute Gasteiger partial charge is 0.269 e. The maximum absolute atomic E-state index is 12.0. The summed E-state index contributed by atoms with van der Waals surface area (Å²) in [5.74, 6) is 0.203. The van der Waals surface area contributed by atoms with Gasteiger partial charge in [0.1, 0.15) is 0 Å². The third-order valence-electron chi connectivity index (χ3n) is 3.24. The summed E-state index contributed by atoms with van der Waals surface area (Å²) in [5, 5.41) is 13.4. The van der Waals surface area contributed by atoms with Gasteiger partial charge in [0.25, 0.3) is 11.6 Å². The van der Waals surface area contributed by atoms with E-state index in [0.29, 0.717) is 18.0 Å². The summed E-state index contributed by atoms with van der Waals surface area (Å²) >= 11 is 0. The van der Waals surface area contributed by atoms with Gasteiger partial charge in [-0.1, -0.05) is 13.8 Å². The molecule has 6 nitrogen and oxygen atoms in total. The van der Waals surface area contributed by atoms with Crippen LogP contribution in [0.4, 0.5) is 5.69 Å². The van der Waals surface area contributed by atoms with Gasteiger partial charge in [-0.05, 0) is 32.1 Å². The van der Waals surface area contributed by atoms with E-state index in [0.717, 1.165) is 0 Å². The number of nitrogens with one attached hydrogen (secondary N) is 1. The summed E-state index contributed by atoms with van der Waals surface area (Å²) in [5.41, 5.74) is 0.409. The SMILES string of the molecule is CC(C)C(CNC(=O)c1ccc([N+](=O)[O-])cc1)N(C)C. The van der Waals surface area contributed by atoms with Crippen LogP contribution in [0.15, 0.2) is 24.3 Å². The molecule has 1 aromatic rings. The van der Waals surface area contributed by atoms with E-state index >= 15 is 0 Å². The zero-order valence-corrected chi connectivity index (χ0v) is 12.3. The van der Waals surface area contributed by atoms with Crippen LogP contribution in [0.3, 0.4) is 0 Å². The minimum Gasteiger partial charge on any atom is -0.350 e. The summed E-state index contributed by atoms with van der Waals surface area (Å²) in [6.45, 7) is 4.74. The van der Waals surface area contributed by atoms with E-state index in [9.17, 15) is 14.9 Å². The number of amides is 1. The summed E-state index contributed by atoms with van der Waals surface area (Å²) in [4.78, 5) is 24.1. The van der Waals surface area contributed by atoms with Gasteiger partial charge < -0.3 is 10.2 Å². The largest absolute Gasteiger partial charge is 0.350 e. The van der Waals surface area contributed by atoms with Gasteiger partial charge in [0, 0.05) is 30.3 Å². The Kier molecular flexibility index (Phi) is 5.64. The van der Waals surface area contributed by atoms with Gasteiger partial charge in [-0.15, -0.1) is 0 Å². The van der Waals surface area contributed by atoms with Crippen molar-refractivity contribution in [3.05, 3.63) is 39.9 Å². The van der Waals surface area contributed by atoms with Crippen molar-refractivity contribution in [2.24, 2.45) is 5.92 Å². The molecule has 0 aliphatic carbocycles. The van der Waals surface area contributed by atoms with E-state index < -0.39 is 4.92 Å². The molecule has 1 aromatic carbocycles. The molecular weight excluding hydrogens is 258 g/mol. The molecule has 1 N–H and O–H groups in total. The molecule has 0 aliphatic heterocycles. The molecule has 6 heteroatoms. The number of nitro groups is 1. The lowest BCUT2D eigenvalue weighted by Crippen LogP contribution is -2.43.